The molecule has 3 aromatic rings. The van der Waals surface area contributed by atoms with Gasteiger partial charge < -0.3 is 19.4 Å². The minimum atomic E-state index is -4.37. The Balaban J connectivity index is 1.66. The molecule has 3 aromatic heterocycles. The highest BCUT2D eigenvalue weighted by molar-refractivity contribution is 7.89. The van der Waals surface area contributed by atoms with Gasteiger partial charge in [-0.1, -0.05) is 0 Å². The van der Waals surface area contributed by atoms with Crippen LogP contribution in [0.2, 0.25) is 0 Å². The normalized spacial score (nSPS) is 22.9. The SMILES string of the molecule is Cc1nnc(-c2nnc3c(N4C[C@H](C)N[C@@H](C)C4)cc(S(=O)(=O)NC4(C(F)F)COC4)cn23)o1. The summed E-state index contributed by atoms with van der Waals surface area (Å²) in [6.07, 6.45) is -1.66. The molecule has 2 aliphatic rings. The number of anilines is 1. The van der Waals surface area contributed by atoms with E-state index in [4.69, 9.17) is 9.15 Å². The van der Waals surface area contributed by atoms with Crippen LogP contribution in [0.3, 0.4) is 0 Å². The average molecular weight is 499 g/mol. The Morgan fingerprint density at radius 2 is 1.88 bits per heavy atom. The molecule has 0 aromatic carbocycles. The number of pyridine rings is 1. The third-order valence-electron chi connectivity index (χ3n) is 5.86. The minimum absolute atomic E-state index is 0.0527. The molecule has 184 valence electrons. The summed E-state index contributed by atoms with van der Waals surface area (Å²) in [6.45, 7) is 5.97. The van der Waals surface area contributed by atoms with Crippen LogP contribution in [0.1, 0.15) is 19.7 Å². The highest BCUT2D eigenvalue weighted by Crippen LogP contribution is 2.32. The largest absolute Gasteiger partial charge is 0.418 e. The van der Waals surface area contributed by atoms with Crippen LogP contribution < -0.4 is 14.9 Å². The first-order chi connectivity index (χ1) is 16.1. The van der Waals surface area contributed by atoms with Gasteiger partial charge in [-0.05, 0) is 19.9 Å². The zero-order valence-electron chi connectivity index (χ0n) is 18.7. The highest BCUT2D eigenvalue weighted by atomic mass is 32.2. The van der Waals surface area contributed by atoms with Crippen LogP contribution in [0.25, 0.3) is 17.4 Å². The summed E-state index contributed by atoms with van der Waals surface area (Å²) in [5.74, 6) is 0.489. The average Bonchev–Trinajstić information content (AvgIpc) is 3.35. The number of ether oxygens (including phenoxy) is 1. The number of hydrogen-bond acceptors (Lipinski definition) is 10. The Hall–Kier alpha value is -2.75. The van der Waals surface area contributed by atoms with Gasteiger partial charge >= 0.3 is 0 Å². The molecular formula is C19H24F2N8O4S. The Morgan fingerprint density at radius 1 is 1.18 bits per heavy atom. The van der Waals surface area contributed by atoms with E-state index in [1.54, 1.807) is 6.92 Å². The van der Waals surface area contributed by atoms with Gasteiger partial charge in [0, 0.05) is 38.3 Å². The van der Waals surface area contributed by atoms with Crippen molar-refractivity contribution in [3.63, 3.8) is 0 Å². The standard InChI is InChI=1S/C19H24F2N8O4S/c1-10-5-28(6-11(2)22-10)14-4-13(34(30,31)27-19(18(20)21)8-32-9-19)7-29-15(14)24-25-16(29)17-26-23-12(3)33-17/h4,7,10-11,18,22,27H,5-6,8-9H2,1-3H3/t10-,11-/m0/s1. The summed E-state index contributed by atoms with van der Waals surface area (Å²) in [4.78, 5) is 1.77. The minimum Gasteiger partial charge on any atom is -0.418 e. The van der Waals surface area contributed by atoms with Gasteiger partial charge in [-0.25, -0.2) is 17.2 Å². The first-order valence-electron chi connectivity index (χ1n) is 10.7. The molecule has 0 amide bonds. The number of halogens is 2. The second-order valence-corrected chi connectivity index (χ2v) is 10.5. The maximum absolute atomic E-state index is 13.7. The molecule has 5 rings (SSSR count). The maximum Gasteiger partial charge on any atom is 0.286 e. The van der Waals surface area contributed by atoms with E-state index in [0.717, 1.165) is 0 Å². The maximum atomic E-state index is 13.7. The predicted octanol–water partition coefficient (Wildman–Crippen LogP) is 0.587. The fraction of sp³-hybridized carbons (Fsp3) is 0.579. The summed E-state index contributed by atoms with van der Waals surface area (Å²) in [6, 6.07) is 1.67. The molecule has 2 atom stereocenters. The molecule has 2 saturated heterocycles. The lowest BCUT2D eigenvalue weighted by atomic mass is 10.0. The van der Waals surface area contributed by atoms with Gasteiger partial charge in [-0.2, -0.15) is 4.72 Å². The van der Waals surface area contributed by atoms with Crippen LogP contribution in [0.15, 0.2) is 21.6 Å². The summed E-state index contributed by atoms with van der Waals surface area (Å²) in [7, 11) is -4.37. The summed E-state index contributed by atoms with van der Waals surface area (Å²) >= 11 is 0. The number of sulfonamides is 1. The van der Waals surface area contributed by atoms with Crippen LogP contribution in [-0.4, -0.2) is 83.6 Å². The number of nitrogens with one attached hydrogen (secondary N) is 2. The molecule has 5 heterocycles. The number of aryl methyl sites for hydroxylation is 1. The van der Waals surface area contributed by atoms with Gasteiger partial charge in [0.25, 0.3) is 12.3 Å². The number of rotatable bonds is 6. The lowest BCUT2D eigenvalue weighted by Gasteiger charge is -2.40. The molecule has 0 unspecified atom stereocenters. The van der Waals surface area contributed by atoms with Crippen molar-refractivity contribution in [2.24, 2.45) is 0 Å². The van der Waals surface area contributed by atoms with Crippen LogP contribution in [0.5, 0.6) is 0 Å². The van der Waals surface area contributed by atoms with E-state index in [9.17, 15) is 17.2 Å². The van der Waals surface area contributed by atoms with Gasteiger partial charge in [0.1, 0.15) is 10.4 Å². The van der Waals surface area contributed by atoms with Crippen molar-refractivity contribution in [1.82, 2.24) is 34.8 Å². The van der Waals surface area contributed by atoms with E-state index in [2.05, 4.69) is 30.4 Å². The number of aromatic nitrogens is 5. The lowest BCUT2D eigenvalue weighted by molar-refractivity contribution is -0.134. The van der Waals surface area contributed by atoms with E-state index >= 15 is 0 Å². The number of nitrogens with zero attached hydrogens (tertiary/aromatic N) is 6. The summed E-state index contributed by atoms with van der Waals surface area (Å²) in [5.41, 5.74) is -1.10. The van der Waals surface area contributed by atoms with E-state index in [-0.39, 0.29) is 28.7 Å². The van der Waals surface area contributed by atoms with Crippen molar-refractivity contribution in [2.45, 2.75) is 49.7 Å². The molecule has 34 heavy (non-hydrogen) atoms. The van der Waals surface area contributed by atoms with Gasteiger partial charge in [-0.3, -0.25) is 4.40 Å². The Labute approximate surface area is 193 Å². The highest BCUT2D eigenvalue weighted by Gasteiger charge is 2.50. The van der Waals surface area contributed by atoms with Crippen molar-refractivity contribution >= 4 is 21.4 Å². The molecule has 0 bridgehead atoms. The van der Waals surface area contributed by atoms with E-state index in [1.807, 2.05) is 18.7 Å². The fourth-order valence-corrected chi connectivity index (χ4v) is 5.64. The number of fused-ring (bicyclic) bond motifs is 1. The number of hydrogen-bond donors (Lipinski definition) is 2. The molecule has 2 N–H and O–H groups in total. The molecule has 0 spiro atoms. The van der Waals surface area contributed by atoms with Gasteiger partial charge in [0.15, 0.2) is 5.65 Å². The molecule has 0 aliphatic carbocycles. The van der Waals surface area contributed by atoms with Crippen molar-refractivity contribution in [2.75, 3.05) is 31.2 Å². The van der Waals surface area contributed by atoms with E-state index < -0.39 is 35.2 Å². The van der Waals surface area contributed by atoms with Crippen LogP contribution in [-0.2, 0) is 14.8 Å². The second kappa shape index (κ2) is 8.18. The van der Waals surface area contributed by atoms with Crippen molar-refractivity contribution in [1.29, 1.82) is 0 Å². The Kier molecular flexibility index (Phi) is 5.54. The summed E-state index contributed by atoms with van der Waals surface area (Å²) < 4.78 is 67.8. The monoisotopic (exact) mass is 498 g/mol. The number of alkyl halides is 2. The molecule has 12 nitrogen and oxygen atoms in total. The van der Waals surface area contributed by atoms with E-state index in [1.165, 1.54) is 16.7 Å². The molecule has 0 saturated carbocycles. The third kappa shape index (κ3) is 3.91. The van der Waals surface area contributed by atoms with Gasteiger partial charge in [0.05, 0.1) is 18.9 Å². The molecule has 0 radical (unpaired) electrons. The smallest absolute Gasteiger partial charge is 0.286 e. The number of piperazine rings is 1. The van der Waals surface area contributed by atoms with Crippen LogP contribution in [0.4, 0.5) is 14.5 Å². The first-order valence-corrected chi connectivity index (χ1v) is 12.2. The molecule has 2 aliphatic heterocycles. The van der Waals surface area contributed by atoms with E-state index in [0.29, 0.717) is 30.3 Å². The van der Waals surface area contributed by atoms with Crippen molar-refractivity contribution < 1.29 is 26.4 Å². The van der Waals surface area contributed by atoms with Crippen LogP contribution >= 0.6 is 0 Å². The zero-order chi connectivity index (χ0) is 24.3. The lowest BCUT2D eigenvalue weighted by Crippen LogP contribution is -2.66. The topological polar surface area (TPSA) is 140 Å². The quantitative estimate of drug-likeness (QED) is 0.496. The summed E-state index contributed by atoms with van der Waals surface area (Å²) in [5, 5.41) is 19.6. The van der Waals surface area contributed by atoms with Crippen molar-refractivity contribution in [3.05, 3.63) is 18.2 Å². The second-order valence-electron chi connectivity index (χ2n) is 8.83. The Morgan fingerprint density at radius 3 is 2.44 bits per heavy atom. The zero-order valence-corrected chi connectivity index (χ0v) is 19.5. The first kappa shape index (κ1) is 23.0. The third-order valence-corrected chi connectivity index (χ3v) is 7.38. The molecule has 2 fully saturated rings. The molecule has 15 heteroatoms. The Bertz CT molecular complexity index is 1310. The van der Waals surface area contributed by atoms with Crippen molar-refractivity contribution in [3.8, 4) is 11.7 Å². The molecular weight excluding hydrogens is 474 g/mol. The van der Waals surface area contributed by atoms with Gasteiger partial charge in [-0.15, -0.1) is 20.4 Å². The predicted molar refractivity (Wildman–Crippen MR) is 115 cm³/mol. The fourth-order valence-electron chi connectivity index (χ4n) is 4.27. The van der Waals surface area contributed by atoms with Crippen LogP contribution in [0, 0.1) is 6.92 Å². The van der Waals surface area contributed by atoms with Gasteiger partial charge in [0.2, 0.25) is 21.7 Å².